The lowest BCUT2D eigenvalue weighted by molar-refractivity contribution is 0.661. The van der Waals surface area contributed by atoms with Crippen LogP contribution in [0.1, 0.15) is 32.4 Å². The highest BCUT2D eigenvalue weighted by atomic mass is 32.2. The Bertz CT molecular complexity index is 510. The van der Waals surface area contributed by atoms with Crippen molar-refractivity contribution in [3.8, 4) is 0 Å². The van der Waals surface area contributed by atoms with Crippen LogP contribution in [0.25, 0.3) is 10.9 Å². The number of hydrogen-bond donors (Lipinski definition) is 2. The van der Waals surface area contributed by atoms with Gasteiger partial charge in [-0.2, -0.15) is 11.8 Å². The van der Waals surface area contributed by atoms with E-state index in [0.29, 0.717) is 10.8 Å². The van der Waals surface area contributed by atoms with Crippen LogP contribution in [0.5, 0.6) is 0 Å². The van der Waals surface area contributed by atoms with Gasteiger partial charge < -0.3 is 10.3 Å². The molecule has 98 valence electrons. The molecule has 1 unspecified atom stereocenters. The topological polar surface area (TPSA) is 27.8 Å². The lowest BCUT2D eigenvalue weighted by atomic mass is 10.1. The van der Waals surface area contributed by atoms with Crippen LogP contribution in [-0.2, 0) is 0 Å². The summed E-state index contributed by atoms with van der Waals surface area (Å²) in [7, 11) is 2.04. The van der Waals surface area contributed by atoms with Crippen LogP contribution in [0.3, 0.4) is 0 Å². The highest BCUT2D eigenvalue weighted by Crippen LogP contribution is 2.31. The van der Waals surface area contributed by atoms with Crippen molar-refractivity contribution in [2.45, 2.75) is 31.6 Å². The van der Waals surface area contributed by atoms with E-state index < -0.39 is 0 Å². The van der Waals surface area contributed by atoms with Crippen molar-refractivity contribution in [1.29, 1.82) is 0 Å². The smallest absolute Gasteiger partial charge is 0.0457 e. The first-order valence-electron chi connectivity index (χ1n) is 6.38. The van der Waals surface area contributed by atoms with Crippen LogP contribution in [0.4, 0.5) is 0 Å². The molecular weight excluding hydrogens is 240 g/mol. The van der Waals surface area contributed by atoms with E-state index in [1.807, 2.05) is 18.8 Å². The first-order valence-corrected chi connectivity index (χ1v) is 7.37. The van der Waals surface area contributed by atoms with Crippen LogP contribution in [-0.4, -0.2) is 22.5 Å². The zero-order chi connectivity index (χ0) is 13.2. The molecule has 0 aliphatic carbocycles. The normalized spacial score (nSPS) is 14.0. The van der Waals surface area contributed by atoms with Crippen molar-refractivity contribution >= 4 is 22.7 Å². The number of nitrogens with one attached hydrogen (secondary N) is 2. The molecule has 18 heavy (non-hydrogen) atoms. The van der Waals surface area contributed by atoms with Gasteiger partial charge in [-0.05, 0) is 18.7 Å². The van der Waals surface area contributed by atoms with E-state index in [4.69, 9.17) is 0 Å². The van der Waals surface area contributed by atoms with Crippen molar-refractivity contribution < 1.29 is 0 Å². The van der Waals surface area contributed by atoms with E-state index in [0.717, 1.165) is 5.75 Å². The van der Waals surface area contributed by atoms with Crippen molar-refractivity contribution in [3.05, 3.63) is 36.0 Å². The number of fused-ring (bicyclic) bond motifs is 1. The first kappa shape index (κ1) is 13.5. The summed E-state index contributed by atoms with van der Waals surface area (Å²) in [6.45, 7) is 6.79. The second kappa shape index (κ2) is 5.37. The molecular formula is C15H22N2S. The Balaban J connectivity index is 2.22. The predicted molar refractivity (Wildman–Crippen MR) is 82.3 cm³/mol. The summed E-state index contributed by atoms with van der Waals surface area (Å²) in [4.78, 5) is 3.35. The molecule has 2 nitrogen and oxygen atoms in total. The van der Waals surface area contributed by atoms with Crippen molar-refractivity contribution in [2.24, 2.45) is 0 Å². The van der Waals surface area contributed by atoms with Crippen molar-refractivity contribution in [3.63, 3.8) is 0 Å². The third-order valence-corrected chi connectivity index (χ3v) is 4.39. The minimum atomic E-state index is 0.307. The Hall–Kier alpha value is -0.930. The zero-order valence-corrected chi connectivity index (χ0v) is 12.4. The van der Waals surface area contributed by atoms with Crippen LogP contribution < -0.4 is 5.32 Å². The minimum absolute atomic E-state index is 0.307. The summed E-state index contributed by atoms with van der Waals surface area (Å²) in [6.07, 6.45) is 2.13. The maximum absolute atomic E-state index is 3.43. The maximum atomic E-state index is 3.43. The molecule has 0 fully saturated rings. The summed E-state index contributed by atoms with van der Waals surface area (Å²) in [5.74, 6) is 1.09. The average molecular weight is 262 g/mol. The summed E-state index contributed by atoms with van der Waals surface area (Å²) in [5.41, 5.74) is 2.58. The second-order valence-electron chi connectivity index (χ2n) is 5.55. The van der Waals surface area contributed by atoms with Crippen LogP contribution >= 0.6 is 11.8 Å². The highest BCUT2D eigenvalue weighted by molar-refractivity contribution is 8.00. The Kier molecular flexibility index (Phi) is 4.03. The van der Waals surface area contributed by atoms with Crippen LogP contribution in [0.15, 0.2) is 30.5 Å². The number of H-pyrrole nitrogens is 1. The van der Waals surface area contributed by atoms with E-state index in [1.54, 1.807) is 0 Å². The number of rotatable bonds is 4. The number of aromatic amines is 1. The third-order valence-electron chi connectivity index (χ3n) is 3.03. The fourth-order valence-corrected chi connectivity index (χ4v) is 3.06. The predicted octanol–water partition coefficient (Wildman–Crippen LogP) is 3.96. The molecule has 0 amide bonds. The van der Waals surface area contributed by atoms with Gasteiger partial charge >= 0.3 is 0 Å². The molecule has 3 heteroatoms. The summed E-state index contributed by atoms with van der Waals surface area (Å²) >= 11 is 2.00. The minimum Gasteiger partial charge on any atom is -0.361 e. The highest BCUT2D eigenvalue weighted by Gasteiger charge is 2.18. The molecule has 2 N–H and O–H groups in total. The lowest BCUT2D eigenvalue weighted by Gasteiger charge is -2.22. The lowest BCUT2D eigenvalue weighted by Crippen LogP contribution is -2.21. The van der Waals surface area contributed by atoms with Crippen LogP contribution in [0.2, 0.25) is 0 Å². The molecule has 0 saturated carbocycles. The number of benzene rings is 1. The van der Waals surface area contributed by atoms with E-state index in [2.05, 4.69) is 61.5 Å². The number of aromatic nitrogens is 1. The molecule has 2 aromatic rings. The van der Waals surface area contributed by atoms with Crippen molar-refractivity contribution in [1.82, 2.24) is 10.3 Å². The quantitative estimate of drug-likeness (QED) is 0.873. The summed E-state index contributed by atoms with van der Waals surface area (Å²) < 4.78 is 0.307. The fraction of sp³-hybridized carbons (Fsp3) is 0.467. The Morgan fingerprint density at radius 3 is 2.67 bits per heavy atom. The SMILES string of the molecule is CNC(CSC(C)(C)C)c1c[nH]c2ccccc12. The molecule has 1 atom stereocenters. The molecule has 1 aromatic carbocycles. The Labute approximate surface area is 114 Å². The third kappa shape index (κ3) is 3.09. The van der Waals surface area contributed by atoms with Gasteiger partial charge in [0.15, 0.2) is 0 Å². The standard InChI is InChI=1S/C15H22N2S/c1-15(2,3)18-10-14(16-4)12-9-17-13-8-6-5-7-11(12)13/h5-9,14,16-17H,10H2,1-4H3. The average Bonchev–Trinajstić information content (AvgIpc) is 2.73. The van der Waals surface area contributed by atoms with Gasteiger partial charge in [-0.15, -0.1) is 0 Å². The number of hydrogen-bond acceptors (Lipinski definition) is 2. The molecule has 0 radical (unpaired) electrons. The van der Waals surface area contributed by atoms with E-state index in [9.17, 15) is 0 Å². The van der Waals surface area contributed by atoms with Gasteiger partial charge in [0.2, 0.25) is 0 Å². The van der Waals surface area contributed by atoms with E-state index in [1.165, 1.54) is 16.5 Å². The van der Waals surface area contributed by atoms with Gasteiger partial charge in [-0.3, -0.25) is 0 Å². The summed E-state index contributed by atoms with van der Waals surface area (Å²) in [6, 6.07) is 8.88. The molecule has 0 aliphatic heterocycles. The number of para-hydroxylation sites is 1. The Morgan fingerprint density at radius 2 is 2.00 bits per heavy atom. The van der Waals surface area contributed by atoms with Gasteiger partial charge in [0.1, 0.15) is 0 Å². The van der Waals surface area contributed by atoms with Gasteiger partial charge in [0.25, 0.3) is 0 Å². The first-order chi connectivity index (χ1) is 8.51. The number of thioether (sulfide) groups is 1. The molecule has 2 rings (SSSR count). The fourth-order valence-electron chi connectivity index (χ4n) is 2.04. The molecule has 1 heterocycles. The molecule has 0 saturated heterocycles. The van der Waals surface area contributed by atoms with Crippen molar-refractivity contribution in [2.75, 3.05) is 12.8 Å². The van der Waals surface area contributed by atoms with Gasteiger partial charge in [0, 0.05) is 33.6 Å². The van der Waals surface area contributed by atoms with Gasteiger partial charge in [-0.1, -0.05) is 39.0 Å². The van der Waals surface area contributed by atoms with Gasteiger partial charge in [0.05, 0.1) is 0 Å². The molecule has 0 bridgehead atoms. The van der Waals surface area contributed by atoms with E-state index in [-0.39, 0.29) is 0 Å². The maximum Gasteiger partial charge on any atom is 0.0457 e. The van der Waals surface area contributed by atoms with Crippen LogP contribution in [0, 0.1) is 0 Å². The zero-order valence-electron chi connectivity index (χ0n) is 11.6. The van der Waals surface area contributed by atoms with Gasteiger partial charge in [-0.25, -0.2) is 0 Å². The van der Waals surface area contributed by atoms with E-state index >= 15 is 0 Å². The monoisotopic (exact) mass is 262 g/mol. The second-order valence-corrected chi connectivity index (χ2v) is 7.40. The molecule has 0 aliphatic rings. The molecule has 0 spiro atoms. The largest absolute Gasteiger partial charge is 0.361 e. The Morgan fingerprint density at radius 1 is 1.28 bits per heavy atom. The molecule has 1 aromatic heterocycles. The summed E-state index contributed by atoms with van der Waals surface area (Å²) in [5, 5.41) is 4.75.